The van der Waals surface area contributed by atoms with Crippen molar-refractivity contribution in [2.45, 2.75) is 13.8 Å². The molecule has 0 fully saturated rings. The summed E-state index contributed by atoms with van der Waals surface area (Å²) in [6.45, 7) is 3.93. The van der Waals surface area contributed by atoms with E-state index < -0.39 is 0 Å². The Kier molecular flexibility index (Phi) is 3.14. The number of terminal acetylenes is 1. The summed E-state index contributed by atoms with van der Waals surface area (Å²) in [6.07, 6.45) is 8.67. The van der Waals surface area contributed by atoms with Gasteiger partial charge >= 0.3 is 0 Å². The average molecular weight is 93.1 g/mol. The smallest absolute Gasteiger partial charge is 0.0581 e. The molecule has 0 aromatic rings. The van der Waals surface area contributed by atoms with E-state index in [-0.39, 0.29) is 0 Å². The molecule has 0 spiro atoms. The quantitative estimate of drug-likeness (QED) is 0.433. The third kappa shape index (κ3) is 3.12. The first kappa shape index (κ1) is 6.30. The van der Waals surface area contributed by atoms with Gasteiger partial charge in [-0.1, -0.05) is 17.6 Å². The molecule has 0 nitrogen and oxygen atoms in total. The van der Waals surface area contributed by atoms with Crippen LogP contribution in [0.3, 0.4) is 0 Å². The van der Waals surface area contributed by atoms with Gasteiger partial charge in [0.2, 0.25) is 0 Å². The first-order valence-corrected chi connectivity index (χ1v) is 2.23. The first-order chi connectivity index (χ1) is 3.31. The minimum atomic E-state index is 1.14. The Labute approximate surface area is 45.2 Å². The van der Waals surface area contributed by atoms with Crippen LogP contribution in [0.25, 0.3) is 0 Å². The van der Waals surface area contributed by atoms with Gasteiger partial charge < -0.3 is 0 Å². The Bertz CT molecular complexity index is 102. The van der Waals surface area contributed by atoms with Crippen LogP contribution in [0.5, 0.6) is 0 Å². The van der Waals surface area contributed by atoms with Crippen molar-refractivity contribution in [3.63, 3.8) is 0 Å². The number of rotatable bonds is 1. The molecule has 7 heavy (non-hydrogen) atoms. The van der Waals surface area contributed by atoms with E-state index in [2.05, 4.69) is 5.92 Å². The van der Waals surface area contributed by atoms with Gasteiger partial charge in [0.05, 0.1) is 6.42 Å². The number of allylic oxidation sites excluding steroid dienone is 2. The Morgan fingerprint density at radius 3 is 2.43 bits per heavy atom. The molecule has 0 N–H and O–H groups in total. The van der Waals surface area contributed by atoms with Crippen LogP contribution in [0.4, 0.5) is 0 Å². The van der Waals surface area contributed by atoms with Crippen molar-refractivity contribution in [1.29, 1.82) is 0 Å². The van der Waals surface area contributed by atoms with Crippen molar-refractivity contribution >= 4 is 0 Å². The molecule has 0 heterocycles. The highest BCUT2D eigenvalue weighted by Gasteiger charge is 1.77. The molecule has 0 heteroatoms. The monoisotopic (exact) mass is 93.1 g/mol. The van der Waals surface area contributed by atoms with Crippen molar-refractivity contribution in [3.8, 4) is 12.3 Å². The van der Waals surface area contributed by atoms with E-state index in [1.807, 2.05) is 19.9 Å². The Morgan fingerprint density at radius 2 is 2.29 bits per heavy atom. The maximum absolute atomic E-state index is 4.96. The van der Waals surface area contributed by atoms with E-state index in [0.29, 0.717) is 0 Å². The standard InChI is InChI=1S/C7H9/c1-4-6-7(3)5-2/h1,5-6H,2-3H3. The van der Waals surface area contributed by atoms with Crippen LogP contribution in [0.2, 0.25) is 0 Å². The Morgan fingerprint density at radius 1 is 1.71 bits per heavy atom. The second-order valence-electron chi connectivity index (χ2n) is 1.34. The maximum atomic E-state index is 4.96. The van der Waals surface area contributed by atoms with E-state index in [0.717, 1.165) is 5.57 Å². The van der Waals surface area contributed by atoms with E-state index in [1.54, 1.807) is 6.42 Å². The summed E-state index contributed by atoms with van der Waals surface area (Å²) in [5.41, 5.74) is 1.14. The molecule has 0 aromatic carbocycles. The van der Waals surface area contributed by atoms with Gasteiger partial charge in [0.15, 0.2) is 0 Å². The third-order valence-electron chi connectivity index (χ3n) is 0.766. The van der Waals surface area contributed by atoms with Crippen LogP contribution in [0.1, 0.15) is 13.8 Å². The zero-order valence-corrected chi connectivity index (χ0v) is 4.73. The van der Waals surface area contributed by atoms with Crippen LogP contribution in [-0.2, 0) is 0 Å². The lowest BCUT2D eigenvalue weighted by molar-refractivity contribution is 1.43. The fraction of sp³-hybridized carbons (Fsp3) is 0.286. The molecule has 0 saturated carbocycles. The average Bonchev–Trinajstić information content (AvgIpc) is 1.68. The fourth-order valence-corrected chi connectivity index (χ4v) is 0.215. The van der Waals surface area contributed by atoms with Gasteiger partial charge in [-0.3, -0.25) is 0 Å². The molecule has 0 unspecified atom stereocenters. The summed E-state index contributed by atoms with van der Waals surface area (Å²) in [5.74, 6) is 2.43. The van der Waals surface area contributed by atoms with Crippen molar-refractivity contribution in [2.24, 2.45) is 0 Å². The third-order valence-corrected chi connectivity index (χ3v) is 0.766. The van der Waals surface area contributed by atoms with Gasteiger partial charge in [-0.2, -0.15) is 0 Å². The minimum absolute atomic E-state index is 1.14. The van der Waals surface area contributed by atoms with Gasteiger partial charge in [-0.25, -0.2) is 0 Å². The summed E-state index contributed by atoms with van der Waals surface area (Å²) in [7, 11) is 0. The second kappa shape index (κ2) is 3.49. The summed E-state index contributed by atoms with van der Waals surface area (Å²) in [5, 5.41) is 0. The molecule has 1 radical (unpaired) electrons. The highest BCUT2D eigenvalue weighted by molar-refractivity contribution is 5.22. The zero-order chi connectivity index (χ0) is 5.70. The van der Waals surface area contributed by atoms with Crippen molar-refractivity contribution in [1.82, 2.24) is 0 Å². The lowest BCUT2D eigenvalue weighted by atomic mass is 10.2. The Hall–Kier alpha value is -0.700. The molecule has 0 amide bonds. The van der Waals surface area contributed by atoms with Gasteiger partial charge in [-0.05, 0) is 13.8 Å². The highest BCUT2D eigenvalue weighted by atomic mass is 13.8. The van der Waals surface area contributed by atoms with Crippen molar-refractivity contribution in [2.75, 3.05) is 0 Å². The molecule has 0 bridgehead atoms. The number of hydrogen-bond donors (Lipinski definition) is 0. The first-order valence-electron chi connectivity index (χ1n) is 2.23. The highest BCUT2D eigenvalue weighted by Crippen LogP contribution is 1.92. The normalized spacial score (nSPS) is 10.7. The maximum Gasteiger partial charge on any atom is 0.0581 e. The summed E-state index contributed by atoms with van der Waals surface area (Å²) < 4.78 is 0. The molecule has 0 aromatic heterocycles. The molecule has 0 saturated heterocycles. The summed E-state index contributed by atoms with van der Waals surface area (Å²) >= 11 is 0. The topological polar surface area (TPSA) is 0 Å². The molecule has 0 aliphatic rings. The molecule has 37 valence electrons. The van der Waals surface area contributed by atoms with Crippen LogP contribution >= 0.6 is 0 Å². The lowest BCUT2D eigenvalue weighted by Gasteiger charge is -1.84. The van der Waals surface area contributed by atoms with E-state index in [9.17, 15) is 0 Å². The van der Waals surface area contributed by atoms with Crippen molar-refractivity contribution in [3.05, 3.63) is 18.1 Å². The molecule has 0 aliphatic carbocycles. The Balaban J connectivity index is 3.43. The van der Waals surface area contributed by atoms with E-state index >= 15 is 0 Å². The summed E-state index contributed by atoms with van der Waals surface area (Å²) in [6, 6.07) is 0. The van der Waals surface area contributed by atoms with Gasteiger partial charge in [0.1, 0.15) is 0 Å². The van der Waals surface area contributed by atoms with E-state index in [1.165, 1.54) is 0 Å². The largest absolute Gasteiger partial charge is 0.119 e. The predicted molar refractivity (Wildman–Crippen MR) is 32.6 cm³/mol. The molecule has 0 atom stereocenters. The van der Waals surface area contributed by atoms with Gasteiger partial charge in [0, 0.05) is 0 Å². The van der Waals surface area contributed by atoms with Crippen LogP contribution < -0.4 is 0 Å². The summed E-state index contributed by atoms with van der Waals surface area (Å²) in [4.78, 5) is 0. The van der Waals surface area contributed by atoms with Gasteiger partial charge in [0.25, 0.3) is 0 Å². The van der Waals surface area contributed by atoms with Gasteiger partial charge in [-0.15, -0.1) is 6.42 Å². The zero-order valence-electron chi connectivity index (χ0n) is 4.73. The SMILES string of the molecule is C#C[CH]C(C)=CC. The van der Waals surface area contributed by atoms with Crippen LogP contribution in [0, 0.1) is 18.8 Å². The molecule has 0 rings (SSSR count). The van der Waals surface area contributed by atoms with Crippen molar-refractivity contribution < 1.29 is 0 Å². The second-order valence-corrected chi connectivity index (χ2v) is 1.34. The number of hydrogen-bond acceptors (Lipinski definition) is 0. The molecular weight excluding hydrogens is 84.1 g/mol. The fourth-order valence-electron chi connectivity index (χ4n) is 0.215. The molecular formula is C7H9. The van der Waals surface area contributed by atoms with Crippen LogP contribution in [0.15, 0.2) is 11.6 Å². The minimum Gasteiger partial charge on any atom is -0.119 e. The predicted octanol–water partition coefficient (Wildman–Crippen LogP) is 1.79. The van der Waals surface area contributed by atoms with Crippen LogP contribution in [-0.4, -0.2) is 0 Å². The lowest BCUT2D eigenvalue weighted by Crippen LogP contribution is -1.69. The molecule has 0 aliphatic heterocycles. The van der Waals surface area contributed by atoms with E-state index in [4.69, 9.17) is 6.42 Å².